The van der Waals surface area contributed by atoms with Gasteiger partial charge in [-0.1, -0.05) is 6.92 Å². The second kappa shape index (κ2) is 6.88. The zero-order chi connectivity index (χ0) is 13.8. The zero-order valence-electron chi connectivity index (χ0n) is 11.8. The molecule has 1 aromatic heterocycles. The molecule has 2 rings (SSSR count). The highest BCUT2D eigenvalue weighted by Crippen LogP contribution is 2.28. The van der Waals surface area contributed by atoms with Crippen LogP contribution in [0.25, 0.3) is 0 Å². The van der Waals surface area contributed by atoms with Crippen molar-refractivity contribution in [2.75, 3.05) is 33.2 Å². The Morgan fingerprint density at radius 2 is 2.26 bits per heavy atom. The van der Waals surface area contributed by atoms with Crippen LogP contribution in [0.5, 0.6) is 0 Å². The van der Waals surface area contributed by atoms with Gasteiger partial charge in [-0.2, -0.15) is 0 Å². The number of nitrogens with zero attached hydrogens (tertiary/aromatic N) is 2. The fourth-order valence-corrected chi connectivity index (χ4v) is 3.28. The van der Waals surface area contributed by atoms with E-state index in [4.69, 9.17) is 10.2 Å². The van der Waals surface area contributed by atoms with Crippen LogP contribution in [0.1, 0.15) is 31.6 Å². The number of likely N-dealkylation sites (N-methyl/N-ethyl adjacent to an activating group) is 1. The normalized spacial score (nSPS) is 24.3. The van der Waals surface area contributed by atoms with Gasteiger partial charge in [-0.05, 0) is 54.5 Å². The molecule has 2 N–H and O–H groups in total. The van der Waals surface area contributed by atoms with E-state index in [0.29, 0.717) is 12.6 Å². The third-order valence-electron chi connectivity index (χ3n) is 3.96. The van der Waals surface area contributed by atoms with E-state index < -0.39 is 0 Å². The number of hydrogen-bond donors (Lipinski definition) is 1. The molecule has 108 valence electrons. The van der Waals surface area contributed by atoms with Gasteiger partial charge in [0.1, 0.15) is 5.76 Å². The van der Waals surface area contributed by atoms with Crippen LogP contribution in [0.3, 0.4) is 0 Å². The Morgan fingerprint density at radius 3 is 2.84 bits per heavy atom. The standard InChI is InChI=1S/C14H24BrN3O/c1-3-11-10-17(2)7-4-8-18(11)12(9-16)13-5-6-14(15)19-13/h5-6,11-12H,3-4,7-10,16H2,1-2H3. The minimum absolute atomic E-state index is 0.183. The summed E-state index contributed by atoms with van der Waals surface area (Å²) in [5.74, 6) is 0.970. The third-order valence-corrected chi connectivity index (χ3v) is 4.39. The number of halogens is 1. The van der Waals surface area contributed by atoms with E-state index in [-0.39, 0.29) is 6.04 Å². The average Bonchev–Trinajstić information content (AvgIpc) is 2.72. The molecule has 2 heterocycles. The topological polar surface area (TPSA) is 45.6 Å². The molecule has 0 amide bonds. The Balaban J connectivity index is 2.19. The maximum atomic E-state index is 6.02. The molecule has 0 bridgehead atoms. The molecule has 1 aliphatic heterocycles. The van der Waals surface area contributed by atoms with E-state index in [2.05, 4.69) is 39.7 Å². The first-order chi connectivity index (χ1) is 9.15. The molecular formula is C14H24BrN3O. The van der Waals surface area contributed by atoms with Gasteiger partial charge in [-0.15, -0.1) is 0 Å². The van der Waals surface area contributed by atoms with Crippen LogP contribution >= 0.6 is 15.9 Å². The monoisotopic (exact) mass is 329 g/mol. The van der Waals surface area contributed by atoms with Crippen LogP contribution in [-0.4, -0.2) is 49.1 Å². The van der Waals surface area contributed by atoms with Crippen molar-refractivity contribution in [3.05, 3.63) is 22.6 Å². The summed E-state index contributed by atoms with van der Waals surface area (Å²) in [5.41, 5.74) is 6.02. The fraction of sp³-hybridized carbons (Fsp3) is 0.714. The van der Waals surface area contributed by atoms with E-state index in [1.807, 2.05) is 12.1 Å². The molecule has 2 atom stereocenters. The first kappa shape index (κ1) is 15.0. The molecule has 0 spiro atoms. The van der Waals surface area contributed by atoms with E-state index in [9.17, 15) is 0 Å². The van der Waals surface area contributed by atoms with Crippen LogP contribution in [-0.2, 0) is 0 Å². The van der Waals surface area contributed by atoms with Gasteiger partial charge in [0, 0.05) is 25.7 Å². The largest absolute Gasteiger partial charge is 0.453 e. The lowest BCUT2D eigenvalue weighted by molar-refractivity contribution is 0.116. The van der Waals surface area contributed by atoms with Gasteiger partial charge in [0.15, 0.2) is 4.67 Å². The molecule has 1 aliphatic rings. The smallest absolute Gasteiger partial charge is 0.169 e. The van der Waals surface area contributed by atoms with Crippen molar-refractivity contribution in [2.45, 2.75) is 31.8 Å². The van der Waals surface area contributed by atoms with Crippen LogP contribution in [0, 0.1) is 0 Å². The minimum atomic E-state index is 0.183. The number of furan rings is 1. The lowest BCUT2D eigenvalue weighted by Gasteiger charge is -2.35. The van der Waals surface area contributed by atoms with Crippen molar-refractivity contribution in [3.63, 3.8) is 0 Å². The molecule has 0 saturated carbocycles. The zero-order valence-corrected chi connectivity index (χ0v) is 13.4. The highest BCUT2D eigenvalue weighted by atomic mass is 79.9. The summed E-state index contributed by atoms with van der Waals surface area (Å²) < 4.78 is 6.51. The molecule has 1 saturated heterocycles. The highest BCUT2D eigenvalue weighted by Gasteiger charge is 2.30. The average molecular weight is 330 g/mol. The molecule has 0 radical (unpaired) electrons. The lowest BCUT2D eigenvalue weighted by atomic mass is 10.1. The molecule has 1 fully saturated rings. The Hall–Kier alpha value is -0.360. The Morgan fingerprint density at radius 1 is 1.47 bits per heavy atom. The lowest BCUT2D eigenvalue weighted by Crippen LogP contribution is -2.44. The Labute approximate surface area is 124 Å². The van der Waals surface area contributed by atoms with E-state index >= 15 is 0 Å². The fourth-order valence-electron chi connectivity index (χ4n) is 2.96. The van der Waals surface area contributed by atoms with Crippen LogP contribution in [0.15, 0.2) is 21.2 Å². The number of hydrogen-bond acceptors (Lipinski definition) is 4. The molecule has 19 heavy (non-hydrogen) atoms. The minimum Gasteiger partial charge on any atom is -0.453 e. The van der Waals surface area contributed by atoms with Gasteiger partial charge in [0.2, 0.25) is 0 Å². The molecule has 4 nitrogen and oxygen atoms in total. The van der Waals surface area contributed by atoms with Gasteiger partial charge in [-0.25, -0.2) is 0 Å². The highest BCUT2D eigenvalue weighted by molar-refractivity contribution is 9.10. The molecule has 5 heteroatoms. The van der Waals surface area contributed by atoms with Gasteiger partial charge >= 0.3 is 0 Å². The Bertz CT molecular complexity index is 396. The van der Waals surface area contributed by atoms with Crippen molar-refractivity contribution in [1.82, 2.24) is 9.80 Å². The van der Waals surface area contributed by atoms with Crippen molar-refractivity contribution in [2.24, 2.45) is 5.73 Å². The second-order valence-electron chi connectivity index (χ2n) is 5.31. The molecule has 0 aliphatic carbocycles. The summed E-state index contributed by atoms with van der Waals surface area (Å²) in [4.78, 5) is 4.94. The van der Waals surface area contributed by atoms with E-state index in [0.717, 1.165) is 36.5 Å². The first-order valence-electron chi connectivity index (χ1n) is 7.05. The first-order valence-corrected chi connectivity index (χ1v) is 7.84. The summed E-state index contributed by atoms with van der Waals surface area (Å²) in [5, 5.41) is 0. The van der Waals surface area contributed by atoms with Crippen molar-refractivity contribution < 1.29 is 4.42 Å². The quantitative estimate of drug-likeness (QED) is 0.921. The van der Waals surface area contributed by atoms with Crippen LogP contribution in [0.2, 0.25) is 0 Å². The summed E-state index contributed by atoms with van der Waals surface area (Å²) >= 11 is 3.38. The number of rotatable bonds is 4. The maximum absolute atomic E-state index is 6.02. The summed E-state index contributed by atoms with van der Waals surface area (Å²) in [6.07, 6.45) is 2.33. The predicted molar refractivity (Wildman–Crippen MR) is 81.1 cm³/mol. The van der Waals surface area contributed by atoms with Gasteiger partial charge in [-0.3, -0.25) is 4.90 Å². The second-order valence-corrected chi connectivity index (χ2v) is 6.09. The molecule has 2 unspecified atom stereocenters. The maximum Gasteiger partial charge on any atom is 0.169 e. The Kier molecular flexibility index (Phi) is 5.45. The van der Waals surface area contributed by atoms with Gasteiger partial charge in [0.05, 0.1) is 6.04 Å². The summed E-state index contributed by atoms with van der Waals surface area (Å²) in [6, 6.07) is 4.71. The number of nitrogens with two attached hydrogens (primary N) is 1. The SMILES string of the molecule is CCC1CN(C)CCCN1C(CN)c1ccc(Br)o1. The molecule has 1 aromatic rings. The third kappa shape index (κ3) is 3.60. The predicted octanol–water partition coefficient (Wildman–Crippen LogP) is 2.46. The van der Waals surface area contributed by atoms with Gasteiger partial charge in [0.25, 0.3) is 0 Å². The molecular weight excluding hydrogens is 306 g/mol. The summed E-state index contributed by atoms with van der Waals surface area (Å²) in [7, 11) is 2.20. The summed E-state index contributed by atoms with van der Waals surface area (Å²) in [6.45, 7) is 6.20. The van der Waals surface area contributed by atoms with Crippen molar-refractivity contribution in [3.8, 4) is 0 Å². The van der Waals surface area contributed by atoms with E-state index in [1.165, 1.54) is 6.42 Å². The van der Waals surface area contributed by atoms with Crippen molar-refractivity contribution in [1.29, 1.82) is 0 Å². The van der Waals surface area contributed by atoms with Gasteiger partial charge < -0.3 is 15.1 Å². The molecule has 0 aromatic carbocycles. The van der Waals surface area contributed by atoms with Crippen LogP contribution in [0.4, 0.5) is 0 Å². The van der Waals surface area contributed by atoms with Crippen molar-refractivity contribution >= 4 is 15.9 Å². The van der Waals surface area contributed by atoms with Crippen LogP contribution < -0.4 is 5.73 Å². The van der Waals surface area contributed by atoms with E-state index in [1.54, 1.807) is 0 Å².